The molecule has 1 fully saturated rings. The molecule has 0 radical (unpaired) electrons. The summed E-state index contributed by atoms with van der Waals surface area (Å²) in [5.74, 6) is -0.565. The number of hydrogen-bond acceptors (Lipinski definition) is 7. The molecule has 4 rings (SSSR count). The summed E-state index contributed by atoms with van der Waals surface area (Å²) in [5.41, 5.74) is 3.37. The molecule has 1 saturated heterocycles. The number of rotatable bonds is 11. The molecule has 2 N–H and O–H groups in total. The third kappa shape index (κ3) is 7.53. The first-order valence-electron chi connectivity index (χ1n) is 13.8. The highest BCUT2D eigenvalue weighted by atomic mass is 19.1. The van der Waals surface area contributed by atoms with Crippen LogP contribution in [0.1, 0.15) is 53.9 Å². The predicted octanol–water partition coefficient (Wildman–Crippen LogP) is 4.55. The number of halogens is 1. The quantitative estimate of drug-likeness (QED) is 0.269. The number of ether oxygens (including phenoxy) is 1. The molecule has 0 saturated carbocycles. The van der Waals surface area contributed by atoms with Crippen LogP contribution in [0.5, 0.6) is 5.75 Å². The number of carbonyl (C=O) groups is 2. The van der Waals surface area contributed by atoms with Gasteiger partial charge in [-0.1, -0.05) is 42.5 Å². The fourth-order valence-corrected chi connectivity index (χ4v) is 5.42. The normalized spacial score (nSPS) is 18.8. The van der Waals surface area contributed by atoms with Crippen molar-refractivity contribution in [3.63, 3.8) is 0 Å². The van der Waals surface area contributed by atoms with Crippen LogP contribution in [0.4, 0.5) is 4.39 Å². The number of nitrogens with zero attached hydrogens (tertiary/aromatic N) is 2. The van der Waals surface area contributed by atoms with Gasteiger partial charge in [-0.3, -0.25) is 24.7 Å². The molecule has 1 aliphatic rings. The Labute approximate surface area is 235 Å². The molecule has 3 aromatic rings. The van der Waals surface area contributed by atoms with Crippen LogP contribution < -0.4 is 5.32 Å². The molecule has 0 spiro atoms. The van der Waals surface area contributed by atoms with Crippen LogP contribution in [0.25, 0.3) is 0 Å². The number of Topliss-reactive ketones (excluding diaryl/α,β-unsaturated/α-hetero) is 1. The summed E-state index contributed by atoms with van der Waals surface area (Å²) in [6.07, 6.45) is 0. The highest BCUT2D eigenvalue weighted by Crippen LogP contribution is 2.35. The Morgan fingerprint density at radius 3 is 2.42 bits per heavy atom. The first-order valence-corrected chi connectivity index (χ1v) is 13.8. The number of benzene rings is 3. The first kappa shape index (κ1) is 29.4. The van der Waals surface area contributed by atoms with Crippen LogP contribution in [0.15, 0.2) is 72.8 Å². The largest absolute Gasteiger partial charge is 0.508 e. The SMILES string of the molecule is CCOC(=O)CNCC(=O)c1cccc([C@H](c2cccc(O)c2)N2C[C@@H](C)N(Cc3cccc(F)c3)C[C@@H]2C)c1. The second-order valence-electron chi connectivity index (χ2n) is 10.4. The minimum atomic E-state index is -0.396. The van der Waals surface area contributed by atoms with E-state index in [1.54, 1.807) is 37.3 Å². The number of aromatic hydroxyl groups is 1. The Kier molecular flexibility index (Phi) is 10.0. The van der Waals surface area contributed by atoms with Crippen LogP contribution in [-0.4, -0.2) is 71.5 Å². The van der Waals surface area contributed by atoms with Gasteiger partial charge in [-0.05, 0) is 67.8 Å². The molecule has 3 atom stereocenters. The monoisotopic (exact) mass is 547 g/mol. The molecular weight excluding hydrogens is 509 g/mol. The zero-order valence-electron chi connectivity index (χ0n) is 23.3. The van der Waals surface area contributed by atoms with Gasteiger partial charge in [0.25, 0.3) is 0 Å². The third-order valence-electron chi connectivity index (χ3n) is 7.34. The summed E-state index contributed by atoms with van der Waals surface area (Å²) in [4.78, 5) is 29.4. The first-order chi connectivity index (χ1) is 19.2. The number of esters is 1. The van der Waals surface area contributed by atoms with E-state index in [0.717, 1.165) is 29.8 Å². The fourth-order valence-electron chi connectivity index (χ4n) is 5.42. The number of carbonyl (C=O) groups excluding carboxylic acids is 2. The lowest BCUT2D eigenvalue weighted by molar-refractivity contribution is -0.141. The van der Waals surface area contributed by atoms with Crippen molar-refractivity contribution in [1.29, 1.82) is 0 Å². The van der Waals surface area contributed by atoms with Gasteiger partial charge in [0.2, 0.25) is 0 Å². The minimum Gasteiger partial charge on any atom is -0.508 e. The van der Waals surface area contributed by atoms with E-state index in [9.17, 15) is 19.1 Å². The van der Waals surface area contributed by atoms with Crippen molar-refractivity contribution in [2.75, 3.05) is 32.8 Å². The molecule has 0 bridgehead atoms. The predicted molar refractivity (Wildman–Crippen MR) is 153 cm³/mol. The molecule has 3 aromatic carbocycles. The summed E-state index contributed by atoms with van der Waals surface area (Å²) in [5, 5.41) is 13.2. The average molecular weight is 548 g/mol. The van der Waals surface area contributed by atoms with Gasteiger partial charge < -0.3 is 9.84 Å². The molecule has 212 valence electrons. The molecule has 7 nitrogen and oxygen atoms in total. The van der Waals surface area contributed by atoms with Crippen molar-refractivity contribution < 1.29 is 23.8 Å². The van der Waals surface area contributed by atoms with E-state index in [1.807, 2.05) is 36.4 Å². The Hall–Kier alpha value is -3.59. The van der Waals surface area contributed by atoms with Gasteiger partial charge in [-0.15, -0.1) is 0 Å². The van der Waals surface area contributed by atoms with Gasteiger partial charge in [-0.25, -0.2) is 4.39 Å². The number of piperazine rings is 1. The minimum absolute atomic E-state index is 0.0191. The Morgan fingerprint density at radius 2 is 1.70 bits per heavy atom. The van der Waals surface area contributed by atoms with Crippen molar-refractivity contribution in [3.05, 3.63) is 101 Å². The standard InChI is InChI=1S/C32H38FN3O4/c1-4-40-31(39)18-34-17-30(38)25-9-6-10-26(15-25)32(27-11-7-13-29(37)16-27)36-20-22(2)35(19-23(36)3)21-24-8-5-12-28(33)14-24/h5-16,22-23,32,34,37H,4,17-21H2,1-3H3/t22-,23+,32-/m1/s1. The fraction of sp³-hybridized carbons (Fsp3) is 0.375. The number of phenols is 1. The Bertz CT molecular complexity index is 1320. The number of hydrogen-bond donors (Lipinski definition) is 2. The molecular formula is C32H38FN3O4. The Balaban J connectivity index is 1.56. The maximum absolute atomic E-state index is 13.8. The molecule has 40 heavy (non-hydrogen) atoms. The molecule has 0 aromatic heterocycles. The van der Waals surface area contributed by atoms with E-state index in [0.29, 0.717) is 18.7 Å². The number of nitrogens with one attached hydrogen (secondary N) is 1. The van der Waals surface area contributed by atoms with Gasteiger partial charge in [-0.2, -0.15) is 0 Å². The lowest BCUT2D eigenvalue weighted by atomic mass is 9.91. The highest BCUT2D eigenvalue weighted by molar-refractivity contribution is 5.98. The molecule has 8 heteroatoms. The summed E-state index contributed by atoms with van der Waals surface area (Å²) < 4.78 is 18.7. The highest BCUT2D eigenvalue weighted by Gasteiger charge is 2.35. The van der Waals surface area contributed by atoms with E-state index >= 15 is 0 Å². The second kappa shape index (κ2) is 13.7. The van der Waals surface area contributed by atoms with Crippen LogP contribution in [0, 0.1) is 5.82 Å². The lowest BCUT2D eigenvalue weighted by Gasteiger charge is -2.47. The van der Waals surface area contributed by atoms with E-state index in [4.69, 9.17) is 4.74 Å². The van der Waals surface area contributed by atoms with E-state index in [-0.39, 0.29) is 48.6 Å². The smallest absolute Gasteiger partial charge is 0.319 e. The zero-order valence-corrected chi connectivity index (χ0v) is 23.3. The van der Waals surface area contributed by atoms with Gasteiger partial charge in [0, 0.05) is 37.3 Å². The van der Waals surface area contributed by atoms with Crippen molar-refractivity contribution in [3.8, 4) is 5.75 Å². The van der Waals surface area contributed by atoms with Crippen molar-refractivity contribution in [2.45, 2.75) is 45.4 Å². The lowest BCUT2D eigenvalue weighted by Crippen LogP contribution is -2.56. The van der Waals surface area contributed by atoms with E-state index < -0.39 is 5.97 Å². The third-order valence-corrected chi connectivity index (χ3v) is 7.34. The Morgan fingerprint density at radius 1 is 0.975 bits per heavy atom. The summed E-state index contributed by atoms with van der Waals surface area (Å²) in [7, 11) is 0. The summed E-state index contributed by atoms with van der Waals surface area (Å²) in [6.45, 7) is 8.57. The second-order valence-corrected chi connectivity index (χ2v) is 10.4. The van der Waals surface area contributed by atoms with Gasteiger partial charge in [0.15, 0.2) is 5.78 Å². The van der Waals surface area contributed by atoms with Crippen molar-refractivity contribution in [2.24, 2.45) is 0 Å². The van der Waals surface area contributed by atoms with Crippen LogP contribution in [0.2, 0.25) is 0 Å². The summed E-state index contributed by atoms with van der Waals surface area (Å²) >= 11 is 0. The number of phenolic OH excluding ortho intramolecular Hbond substituents is 1. The van der Waals surface area contributed by atoms with Crippen molar-refractivity contribution in [1.82, 2.24) is 15.1 Å². The maximum Gasteiger partial charge on any atom is 0.319 e. The van der Waals surface area contributed by atoms with Crippen LogP contribution in [-0.2, 0) is 16.1 Å². The van der Waals surface area contributed by atoms with Gasteiger partial charge in [0.1, 0.15) is 11.6 Å². The summed E-state index contributed by atoms with van der Waals surface area (Å²) in [6, 6.07) is 21.7. The van der Waals surface area contributed by atoms with E-state index in [1.165, 1.54) is 6.07 Å². The van der Waals surface area contributed by atoms with Crippen molar-refractivity contribution >= 4 is 11.8 Å². The number of ketones is 1. The zero-order chi connectivity index (χ0) is 28.6. The van der Waals surface area contributed by atoms with Crippen LogP contribution in [0.3, 0.4) is 0 Å². The maximum atomic E-state index is 13.8. The van der Waals surface area contributed by atoms with Gasteiger partial charge >= 0.3 is 5.97 Å². The van der Waals surface area contributed by atoms with Gasteiger partial charge in [0.05, 0.1) is 25.7 Å². The topological polar surface area (TPSA) is 82.1 Å². The molecule has 1 heterocycles. The molecule has 0 aliphatic carbocycles. The molecule has 1 aliphatic heterocycles. The average Bonchev–Trinajstić information content (AvgIpc) is 2.92. The molecule has 0 amide bonds. The van der Waals surface area contributed by atoms with Crippen LogP contribution >= 0.6 is 0 Å². The van der Waals surface area contributed by atoms with E-state index in [2.05, 4.69) is 29.0 Å². The molecule has 0 unspecified atom stereocenters.